The molecule has 3 heterocycles. The van der Waals surface area contributed by atoms with Crippen molar-refractivity contribution in [2.75, 3.05) is 18.5 Å². The van der Waals surface area contributed by atoms with Crippen molar-refractivity contribution in [3.8, 4) is 5.95 Å². The number of hydrogen-bond acceptors (Lipinski definition) is 9. The highest BCUT2D eigenvalue weighted by Gasteiger charge is 2.30. The monoisotopic (exact) mass is 529 g/mol. The second-order valence-corrected chi connectivity index (χ2v) is 9.34. The van der Waals surface area contributed by atoms with Gasteiger partial charge in [0.1, 0.15) is 15.9 Å². The Morgan fingerprint density at radius 1 is 1.05 bits per heavy atom. The fraction of sp³-hybridized carbons (Fsp3) is 0.440. The van der Waals surface area contributed by atoms with Gasteiger partial charge in [-0.2, -0.15) is 5.10 Å². The van der Waals surface area contributed by atoms with Gasteiger partial charge in [-0.15, -0.1) is 11.3 Å². The molecule has 0 unspecified atom stereocenters. The Kier molecular flexibility index (Phi) is 8.64. The van der Waals surface area contributed by atoms with Crippen LogP contribution in [0.4, 0.5) is 5.00 Å². The maximum Gasteiger partial charge on any atom is 0.348 e. The number of ether oxygens (including phenoxy) is 2. The molecular weight excluding hydrogens is 498 g/mol. The van der Waals surface area contributed by atoms with Crippen LogP contribution in [0.5, 0.6) is 0 Å². The zero-order valence-electron chi connectivity index (χ0n) is 22.0. The highest BCUT2D eigenvalue weighted by molar-refractivity contribution is 7.18. The van der Waals surface area contributed by atoms with E-state index in [1.807, 2.05) is 26.8 Å². The summed E-state index contributed by atoms with van der Waals surface area (Å²) in [5, 5.41) is 7.29. The predicted molar refractivity (Wildman–Crippen MR) is 139 cm³/mol. The number of aromatic nitrogens is 4. The van der Waals surface area contributed by atoms with Gasteiger partial charge in [-0.25, -0.2) is 19.3 Å². The predicted octanol–water partition coefficient (Wildman–Crippen LogP) is 3.53. The number of amides is 1. The molecule has 3 aromatic heterocycles. The molecule has 0 aromatic carbocycles. The Bertz CT molecular complexity index is 1400. The molecule has 0 radical (unpaired) electrons. The van der Waals surface area contributed by atoms with Crippen molar-refractivity contribution in [3.63, 3.8) is 0 Å². The van der Waals surface area contributed by atoms with Gasteiger partial charge < -0.3 is 14.8 Å². The molecule has 0 fully saturated rings. The zero-order valence-corrected chi connectivity index (χ0v) is 22.8. The van der Waals surface area contributed by atoms with Gasteiger partial charge in [-0.3, -0.25) is 14.2 Å². The van der Waals surface area contributed by atoms with E-state index in [4.69, 9.17) is 9.47 Å². The normalized spacial score (nSPS) is 11.8. The standard InChI is InChI=1S/C25H31N5O6S/c1-8-17-12-18(31)29(25(26-17)30-14(5)11-13(4)28-30)16(7)21(32)27-22-19(23(33)35-9-2)15(6)20(37-22)24(34)36-10-3/h11-12,16H,8-10H2,1-7H3,(H,27,32)/t16-/m1/s1. The van der Waals surface area contributed by atoms with Gasteiger partial charge in [-0.05, 0) is 59.6 Å². The maximum absolute atomic E-state index is 13.5. The third kappa shape index (κ3) is 5.63. The second-order valence-electron chi connectivity index (χ2n) is 8.31. The molecule has 1 amide bonds. The number of carbonyl (C=O) groups is 3. The number of nitrogens with zero attached hydrogens (tertiary/aromatic N) is 4. The van der Waals surface area contributed by atoms with Crippen LogP contribution in [-0.4, -0.2) is 50.4 Å². The van der Waals surface area contributed by atoms with Crippen molar-refractivity contribution in [3.05, 3.63) is 55.6 Å². The summed E-state index contributed by atoms with van der Waals surface area (Å²) in [6.45, 7) is 12.3. The van der Waals surface area contributed by atoms with E-state index < -0.39 is 29.4 Å². The Hall–Kier alpha value is -3.80. The first-order valence-electron chi connectivity index (χ1n) is 12.0. The van der Waals surface area contributed by atoms with Crippen molar-refractivity contribution < 1.29 is 23.9 Å². The smallest absolute Gasteiger partial charge is 0.348 e. The Balaban J connectivity index is 2.07. The summed E-state index contributed by atoms with van der Waals surface area (Å²) < 4.78 is 13.0. The topological polar surface area (TPSA) is 134 Å². The van der Waals surface area contributed by atoms with Gasteiger partial charge in [0.25, 0.3) is 5.56 Å². The largest absolute Gasteiger partial charge is 0.462 e. The first-order chi connectivity index (χ1) is 17.5. The summed E-state index contributed by atoms with van der Waals surface area (Å²) >= 11 is 0.918. The number of thiophene rings is 1. The van der Waals surface area contributed by atoms with Crippen molar-refractivity contribution in [2.24, 2.45) is 0 Å². The van der Waals surface area contributed by atoms with E-state index in [-0.39, 0.29) is 34.6 Å². The lowest BCUT2D eigenvalue weighted by atomic mass is 10.1. The molecule has 11 nitrogen and oxygen atoms in total. The maximum atomic E-state index is 13.5. The number of hydrogen-bond donors (Lipinski definition) is 1. The molecule has 0 saturated heterocycles. The summed E-state index contributed by atoms with van der Waals surface area (Å²) in [6, 6.07) is 2.20. The van der Waals surface area contributed by atoms with Crippen LogP contribution >= 0.6 is 11.3 Å². The third-order valence-electron chi connectivity index (χ3n) is 5.64. The molecule has 0 aliphatic heterocycles. The highest BCUT2D eigenvalue weighted by Crippen LogP contribution is 2.35. The Morgan fingerprint density at radius 2 is 1.70 bits per heavy atom. The lowest BCUT2D eigenvalue weighted by Crippen LogP contribution is -2.35. The van der Waals surface area contributed by atoms with E-state index >= 15 is 0 Å². The average Bonchev–Trinajstić information content (AvgIpc) is 3.35. The summed E-state index contributed by atoms with van der Waals surface area (Å²) in [5.74, 6) is -1.66. The SMILES string of the molecule is CCOC(=O)c1sc(NC(=O)[C@@H](C)n2c(-n3nc(C)cc3C)nc(CC)cc2=O)c(C(=O)OCC)c1C. The summed E-state index contributed by atoms with van der Waals surface area (Å²) in [6.07, 6.45) is 0.525. The fourth-order valence-corrected chi connectivity index (χ4v) is 4.92. The van der Waals surface area contributed by atoms with Crippen molar-refractivity contribution >= 4 is 34.2 Å². The van der Waals surface area contributed by atoms with Crippen LogP contribution in [-0.2, 0) is 20.7 Å². The van der Waals surface area contributed by atoms with Crippen LogP contribution in [0.15, 0.2) is 16.9 Å². The molecule has 0 spiro atoms. The average molecular weight is 530 g/mol. The van der Waals surface area contributed by atoms with Gasteiger partial charge >= 0.3 is 11.9 Å². The zero-order chi connectivity index (χ0) is 27.4. The number of esters is 2. The van der Waals surface area contributed by atoms with Gasteiger partial charge in [-0.1, -0.05) is 6.92 Å². The first kappa shape index (κ1) is 27.8. The van der Waals surface area contributed by atoms with E-state index in [1.54, 1.807) is 27.7 Å². The molecule has 3 aromatic rings. The molecule has 0 aliphatic rings. The van der Waals surface area contributed by atoms with Crippen LogP contribution in [0, 0.1) is 20.8 Å². The summed E-state index contributed by atoms with van der Waals surface area (Å²) in [4.78, 5) is 56.5. The lowest BCUT2D eigenvalue weighted by molar-refractivity contribution is -0.118. The second kappa shape index (κ2) is 11.5. The molecule has 0 bridgehead atoms. The minimum Gasteiger partial charge on any atom is -0.462 e. The minimum atomic E-state index is -1.03. The van der Waals surface area contributed by atoms with Gasteiger partial charge in [0.2, 0.25) is 11.9 Å². The molecule has 3 rings (SSSR count). The fourth-order valence-electron chi connectivity index (χ4n) is 3.83. The molecule has 37 heavy (non-hydrogen) atoms. The highest BCUT2D eigenvalue weighted by atomic mass is 32.1. The van der Waals surface area contributed by atoms with E-state index in [1.165, 1.54) is 15.3 Å². The number of nitrogens with one attached hydrogen (secondary N) is 1. The van der Waals surface area contributed by atoms with Gasteiger partial charge in [0, 0.05) is 17.5 Å². The van der Waals surface area contributed by atoms with Crippen molar-refractivity contribution in [1.82, 2.24) is 19.3 Å². The number of anilines is 1. The van der Waals surface area contributed by atoms with Gasteiger partial charge in [0.15, 0.2) is 0 Å². The minimum absolute atomic E-state index is 0.0704. The molecule has 1 atom stereocenters. The van der Waals surface area contributed by atoms with Crippen LogP contribution < -0.4 is 10.9 Å². The van der Waals surface area contributed by atoms with E-state index in [0.29, 0.717) is 17.7 Å². The molecule has 198 valence electrons. The first-order valence-corrected chi connectivity index (χ1v) is 12.8. The third-order valence-corrected chi connectivity index (χ3v) is 6.83. The van der Waals surface area contributed by atoms with E-state index in [2.05, 4.69) is 15.4 Å². The lowest BCUT2D eigenvalue weighted by Gasteiger charge is -2.19. The van der Waals surface area contributed by atoms with Crippen LogP contribution in [0.25, 0.3) is 5.95 Å². The Morgan fingerprint density at radius 3 is 2.27 bits per heavy atom. The van der Waals surface area contributed by atoms with Crippen LogP contribution in [0.1, 0.15) is 76.4 Å². The molecular formula is C25H31N5O6S. The van der Waals surface area contributed by atoms with Crippen molar-refractivity contribution in [2.45, 2.75) is 60.9 Å². The molecule has 1 N–H and O–H groups in total. The van der Waals surface area contributed by atoms with Crippen LogP contribution in [0.3, 0.4) is 0 Å². The van der Waals surface area contributed by atoms with Gasteiger partial charge in [0.05, 0.1) is 24.5 Å². The van der Waals surface area contributed by atoms with Crippen molar-refractivity contribution in [1.29, 1.82) is 0 Å². The number of carbonyl (C=O) groups excluding carboxylic acids is 3. The van der Waals surface area contributed by atoms with E-state index in [9.17, 15) is 19.2 Å². The molecule has 0 saturated carbocycles. The molecule has 0 aliphatic carbocycles. The number of rotatable bonds is 9. The number of aryl methyl sites for hydroxylation is 3. The summed E-state index contributed by atoms with van der Waals surface area (Å²) in [7, 11) is 0. The Labute approximate surface area is 218 Å². The summed E-state index contributed by atoms with van der Waals surface area (Å²) in [5.41, 5.74) is 2.04. The molecule has 12 heteroatoms. The quantitative estimate of drug-likeness (QED) is 0.416. The van der Waals surface area contributed by atoms with E-state index in [0.717, 1.165) is 22.7 Å². The van der Waals surface area contributed by atoms with Crippen LogP contribution in [0.2, 0.25) is 0 Å².